The van der Waals surface area contributed by atoms with Crippen LogP contribution in [0.15, 0.2) is 29.4 Å². The molecule has 0 spiro atoms. The number of carboxylic acids is 1. The summed E-state index contributed by atoms with van der Waals surface area (Å²) in [5.41, 5.74) is 9.11. The molecule has 0 aliphatic carbocycles. The van der Waals surface area contributed by atoms with Crippen LogP contribution in [0.25, 0.3) is 10.4 Å². The van der Waals surface area contributed by atoms with Gasteiger partial charge < -0.3 is 10.2 Å². The van der Waals surface area contributed by atoms with Gasteiger partial charge in [-0.15, -0.1) is 0 Å². The highest BCUT2D eigenvalue weighted by atomic mass is 16.4. The summed E-state index contributed by atoms with van der Waals surface area (Å²) in [5, 5.41) is 21.1. The number of carboxylic acid groups (broad SMARTS) is 1. The average Bonchev–Trinajstić information content (AvgIpc) is 2.21. The molecular weight excluding hydrogens is 210 g/mol. The summed E-state index contributed by atoms with van der Waals surface area (Å²) in [4.78, 5) is 13.1. The standard InChI is InChI=1S/C10H11N3O3/c11-13-12-8(6-10(15)16)5-7-1-3-9(14)4-2-7/h1-4,8,14H,5-6H2,(H,15,16). The van der Waals surface area contributed by atoms with Crippen LogP contribution >= 0.6 is 0 Å². The maximum atomic E-state index is 10.5. The van der Waals surface area contributed by atoms with E-state index in [0.29, 0.717) is 6.42 Å². The number of benzene rings is 1. The second-order valence-corrected chi connectivity index (χ2v) is 3.33. The van der Waals surface area contributed by atoms with Gasteiger partial charge in [0.25, 0.3) is 0 Å². The Hall–Kier alpha value is -2.20. The van der Waals surface area contributed by atoms with Crippen LogP contribution in [0.5, 0.6) is 5.75 Å². The molecule has 1 aromatic rings. The van der Waals surface area contributed by atoms with Crippen molar-refractivity contribution in [2.75, 3.05) is 0 Å². The highest BCUT2D eigenvalue weighted by molar-refractivity contribution is 5.67. The van der Waals surface area contributed by atoms with Crippen molar-refractivity contribution in [2.45, 2.75) is 18.9 Å². The molecule has 16 heavy (non-hydrogen) atoms. The number of phenols is 1. The Morgan fingerprint density at radius 2 is 2.06 bits per heavy atom. The molecule has 6 heteroatoms. The number of phenolic OH excluding ortho intramolecular Hbond substituents is 1. The van der Waals surface area contributed by atoms with Crippen LogP contribution in [0.4, 0.5) is 0 Å². The molecule has 0 bridgehead atoms. The van der Waals surface area contributed by atoms with Gasteiger partial charge in [0.1, 0.15) is 5.75 Å². The third-order valence-electron chi connectivity index (χ3n) is 2.03. The Kier molecular flexibility index (Phi) is 4.17. The summed E-state index contributed by atoms with van der Waals surface area (Å²) in [7, 11) is 0. The van der Waals surface area contributed by atoms with Crippen LogP contribution < -0.4 is 0 Å². The van der Waals surface area contributed by atoms with E-state index in [4.69, 9.17) is 15.7 Å². The fourth-order valence-corrected chi connectivity index (χ4v) is 1.33. The van der Waals surface area contributed by atoms with E-state index in [0.717, 1.165) is 5.56 Å². The Balaban J connectivity index is 2.71. The molecule has 1 rings (SSSR count). The second kappa shape index (κ2) is 5.63. The van der Waals surface area contributed by atoms with Crippen molar-refractivity contribution in [1.29, 1.82) is 0 Å². The van der Waals surface area contributed by atoms with Gasteiger partial charge in [0.05, 0.1) is 12.5 Å². The molecule has 0 saturated heterocycles. The van der Waals surface area contributed by atoms with Crippen molar-refractivity contribution in [1.82, 2.24) is 0 Å². The van der Waals surface area contributed by atoms with Gasteiger partial charge in [0, 0.05) is 4.91 Å². The van der Waals surface area contributed by atoms with E-state index in [1.807, 2.05) is 0 Å². The summed E-state index contributed by atoms with van der Waals surface area (Å²) in [6.45, 7) is 0. The first-order valence-corrected chi connectivity index (χ1v) is 4.65. The zero-order valence-electron chi connectivity index (χ0n) is 8.45. The quantitative estimate of drug-likeness (QED) is 0.451. The largest absolute Gasteiger partial charge is 0.508 e. The Bertz CT molecular complexity index is 410. The molecule has 0 fully saturated rings. The van der Waals surface area contributed by atoms with E-state index in [-0.39, 0.29) is 12.2 Å². The highest BCUT2D eigenvalue weighted by Gasteiger charge is 2.12. The van der Waals surface area contributed by atoms with Crippen LogP contribution in [0.3, 0.4) is 0 Å². The smallest absolute Gasteiger partial charge is 0.303 e. The predicted molar refractivity (Wildman–Crippen MR) is 57.0 cm³/mol. The lowest BCUT2D eigenvalue weighted by Gasteiger charge is -2.08. The van der Waals surface area contributed by atoms with Gasteiger partial charge >= 0.3 is 5.97 Å². The number of hydrogen-bond donors (Lipinski definition) is 2. The molecule has 0 saturated carbocycles. The molecule has 2 N–H and O–H groups in total. The number of rotatable bonds is 5. The zero-order chi connectivity index (χ0) is 12.0. The van der Waals surface area contributed by atoms with Gasteiger partial charge in [-0.25, -0.2) is 0 Å². The Morgan fingerprint density at radius 3 is 2.56 bits per heavy atom. The van der Waals surface area contributed by atoms with Crippen molar-refractivity contribution in [3.8, 4) is 5.75 Å². The molecule has 0 aliphatic heterocycles. The third-order valence-corrected chi connectivity index (χ3v) is 2.03. The number of aromatic hydroxyl groups is 1. The van der Waals surface area contributed by atoms with Crippen molar-refractivity contribution >= 4 is 5.97 Å². The van der Waals surface area contributed by atoms with E-state index in [9.17, 15) is 4.79 Å². The SMILES string of the molecule is [N-]=[N+]=NC(CC(=O)O)Cc1ccc(O)cc1. The maximum Gasteiger partial charge on any atom is 0.303 e. The molecule has 0 amide bonds. The number of azide groups is 1. The molecular formula is C10H11N3O3. The predicted octanol–water partition coefficient (Wildman–Crippen LogP) is 2.09. The number of carbonyl (C=O) groups is 1. The lowest BCUT2D eigenvalue weighted by molar-refractivity contribution is -0.137. The summed E-state index contributed by atoms with van der Waals surface area (Å²) < 4.78 is 0. The monoisotopic (exact) mass is 221 g/mol. The number of hydrogen-bond acceptors (Lipinski definition) is 3. The summed E-state index contributed by atoms with van der Waals surface area (Å²) in [5.74, 6) is -0.863. The Morgan fingerprint density at radius 1 is 1.44 bits per heavy atom. The minimum absolute atomic E-state index is 0.141. The highest BCUT2D eigenvalue weighted by Crippen LogP contribution is 2.14. The van der Waals surface area contributed by atoms with Gasteiger partial charge in [-0.3, -0.25) is 4.79 Å². The summed E-state index contributed by atoms with van der Waals surface area (Å²) in [6, 6.07) is 5.73. The van der Waals surface area contributed by atoms with Crippen molar-refractivity contribution in [3.05, 3.63) is 40.3 Å². The van der Waals surface area contributed by atoms with Crippen molar-refractivity contribution in [2.24, 2.45) is 5.11 Å². The second-order valence-electron chi connectivity index (χ2n) is 3.33. The fraction of sp³-hybridized carbons (Fsp3) is 0.300. The fourth-order valence-electron chi connectivity index (χ4n) is 1.33. The molecule has 1 atom stereocenters. The molecule has 1 aromatic carbocycles. The normalized spacial score (nSPS) is 11.5. The van der Waals surface area contributed by atoms with E-state index < -0.39 is 12.0 Å². The average molecular weight is 221 g/mol. The van der Waals surface area contributed by atoms with Gasteiger partial charge in [-0.2, -0.15) is 0 Å². The number of nitrogens with zero attached hydrogens (tertiary/aromatic N) is 3. The van der Waals surface area contributed by atoms with Gasteiger partial charge in [0.2, 0.25) is 0 Å². The lowest BCUT2D eigenvalue weighted by Crippen LogP contribution is -2.13. The molecule has 1 unspecified atom stereocenters. The van der Waals surface area contributed by atoms with Gasteiger partial charge in [-0.05, 0) is 29.6 Å². The van der Waals surface area contributed by atoms with Crippen molar-refractivity contribution < 1.29 is 15.0 Å². The summed E-state index contributed by atoms with van der Waals surface area (Å²) >= 11 is 0. The first-order chi connectivity index (χ1) is 7.61. The number of aliphatic carboxylic acids is 1. The molecule has 0 radical (unpaired) electrons. The van der Waals surface area contributed by atoms with E-state index in [1.54, 1.807) is 12.1 Å². The van der Waals surface area contributed by atoms with E-state index >= 15 is 0 Å². The molecule has 0 aliphatic rings. The first-order valence-electron chi connectivity index (χ1n) is 4.65. The van der Waals surface area contributed by atoms with E-state index in [1.165, 1.54) is 12.1 Å². The van der Waals surface area contributed by atoms with Gasteiger partial charge in [-0.1, -0.05) is 17.2 Å². The molecule has 84 valence electrons. The summed E-state index contributed by atoms with van der Waals surface area (Å²) in [6.07, 6.45) is 0.140. The van der Waals surface area contributed by atoms with Crippen LogP contribution in [-0.4, -0.2) is 22.2 Å². The van der Waals surface area contributed by atoms with Crippen LogP contribution in [0, 0.1) is 0 Å². The Labute approximate surface area is 91.8 Å². The molecule has 0 aromatic heterocycles. The van der Waals surface area contributed by atoms with Crippen LogP contribution in [0.1, 0.15) is 12.0 Å². The van der Waals surface area contributed by atoms with Crippen LogP contribution in [-0.2, 0) is 11.2 Å². The van der Waals surface area contributed by atoms with Crippen LogP contribution in [0.2, 0.25) is 0 Å². The third kappa shape index (κ3) is 3.89. The van der Waals surface area contributed by atoms with Crippen molar-refractivity contribution in [3.63, 3.8) is 0 Å². The minimum Gasteiger partial charge on any atom is -0.508 e. The van der Waals surface area contributed by atoms with E-state index in [2.05, 4.69) is 10.0 Å². The zero-order valence-corrected chi connectivity index (χ0v) is 8.45. The lowest BCUT2D eigenvalue weighted by atomic mass is 10.0. The maximum absolute atomic E-state index is 10.5. The van der Waals surface area contributed by atoms with Gasteiger partial charge in [0.15, 0.2) is 0 Å². The molecule has 6 nitrogen and oxygen atoms in total. The molecule has 0 heterocycles. The minimum atomic E-state index is -1.00. The topological polar surface area (TPSA) is 106 Å². The first kappa shape index (κ1) is 11.9.